The van der Waals surface area contributed by atoms with Crippen molar-refractivity contribution in [2.24, 2.45) is 4.99 Å². The van der Waals surface area contributed by atoms with Gasteiger partial charge in [0.25, 0.3) is 0 Å². The van der Waals surface area contributed by atoms with E-state index in [1.54, 1.807) is 6.20 Å². The summed E-state index contributed by atoms with van der Waals surface area (Å²) in [6.45, 7) is 7.59. The van der Waals surface area contributed by atoms with Gasteiger partial charge in [0.05, 0.1) is 0 Å². The van der Waals surface area contributed by atoms with E-state index in [1.165, 1.54) is 12.8 Å². The van der Waals surface area contributed by atoms with Crippen molar-refractivity contribution in [3.63, 3.8) is 0 Å². The van der Waals surface area contributed by atoms with Crippen molar-refractivity contribution in [3.05, 3.63) is 12.8 Å². The molecule has 0 radical (unpaired) electrons. The molecule has 0 atom stereocenters. The Hall–Kier alpha value is -0.630. The molecular weight excluding hydrogens is 124 g/mol. The molecule has 0 heterocycles. The Bertz CT molecular complexity index is 97.4. The third kappa shape index (κ3) is 7.37. The van der Waals surface area contributed by atoms with E-state index in [-0.39, 0.29) is 0 Å². The Balaban J connectivity index is 2.90. The van der Waals surface area contributed by atoms with Crippen molar-refractivity contribution >= 4 is 6.21 Å². The molecule has 0 fully saturated rings. The first-order chi connectivity index (χ1) is 4.91. The number of nitrogens with one attached hydrogen (secondary N) is 1. The number of rotatable bonds is 6. The Labute approximate surface area is 63.0 Å². The molecule has 0 aliphatic rings. The summed E-state index contributed by atoms with van der Waals surface area (Å²) in [5, 5.41) is 3.22. The highest BCUT2D eigenvalue weighted by molar-refractivity contribution is 5.60. The molecule has 1 N–H and O–H groups in total. The van der Waals surface area contributed by atoms with Crippen molar-refractivity contribution in [3.8, 4) is 0 Å². The number of hydrogen-bond acceptors (Lipinski definition) is 2. The predicted molar refractivity (Wildman–Crippen MR) is 46.5 cm³/mol. The van der Waals surface area contributed by atoms with Gasteiger partial charge in [-0.1, -0.05) is 19.9 Å². The summed E-state index contributed by atoms with van der Waals surface area (Å²) >= 11 is 0. The van der Waals surface area contributed by atoms with Crippen LogP contribution in [0.5, 0.6) is 0 Å². The van der Waals surface area contributed by atoms with Gasteiger partial charge < -0.3 is 5.32 Å². The van der Waals surface area contributed by atoms with Gasteiger partial charge in [0, 0.05) is 19.0 Å². The average Bonchev–Trinajstić information content (AvgIpc) is 1.97. The fourth-order valence-electron chi connectivity index (χ4n) is 0.596. The highest BCUT2D eigenvalue weighted by Crippen LogP contribution is 1.80. The van der Waals surface area contributed by atoms with Gasteiger partial charge in [-0.2, -0.15) is 0 Å². The van der Waals surface area contributed by atoms with Crippen LogP contribution in [0.1, 0.15) is 19.8 Å². The van der Waals surface area contributed by atoms with Crippen molar-refractivity contribution in [1.29, 1.82) is 0 Å². The van der Waals surface area contributed by atoms with Gasteiger partial charge in [-0.05, 0) is 13.0 Å². The lowest BCUT2D eigenvalue weighted by Crippen LogP contribution is -2.17. The molecule has 0 unspecified atom stereocenters. The summed E-state index contributed by atoms with van der Waals surface area (Å²) in [6, 6.07) is 0. The molecule has 0 spiro atoms. The van der Waals surface area contributed by atoms with Gasteiger partial charge in [0.1, 0.15) is 0 Å². The SMILES string of the molecule is C=C/N=C\CNCCCC. The molecule has 0 saturated heterocycles. The summed E-state index contributed by atoms with van der Waals surface area (Å²) < 4.78 is 0. The molecular formula is C8H16N2. The molecule has 0 aliphatic carbocycles. The summed E-state index contributed by atoms with van der Waals surface area (Å²) in [6.07, 6.45) is 5.84. The molecule has 0 bridgehead atoms. The summed E-state index contributed by atoms with van der Waals surface area (Å²) in [5.41, 5.74) is 0. The molecule has 0 rings (SSSR count). The first-order valence-electron chi connectivity index (χ1n) is 3.75. The largest absolute Gasteiger partial charge is 0.312 e. The van der Waals surface area contributed by atoms with E-state index in [0.717, 1.165) is 13.1 Å². The Kier molecular flexibility index (Phi) is 7.84. The monoisotopic (exact) mass is 140 g/mol. The molecule has 0 aromatic carbocycles. The Morgan fingerprint density at radius 2 is 2.40 bits per heavy atom. The van der Waals surface area contributed by atoms with Crippen molar-refractivity contribution in [1.82, 2.24) is 5.32 Å². The predicted octanol–water partition coefficient (Wildman–Crippen LogP) is 1.59. The van der Waals surface area contributed by atoms with Gasteiger partial charge in [0.2, 0.25) is 0 Å². The second-order valence-electron chi connectivity index (χ2n) is 2.07. The molecule has 2 nitrogen and oxygen atoms in total. The third-order valence-electron chi connectivity index (χ3n) is 1.15. The van der Waals surface area contributed by atoms with Gasteiger partial charge in [-0.25, -0.2) is 0 Å². The van der Waals surface area contributed by atoms with Crippen molar-refractivity contribution in [2.45, 2.75) is 19.8 Å². The Morgan fingerprint density at radius 1 is 1.60 bits per heavy atom. The minimum absolute atomic E-state index is 0.853. The van der Waals surface area contributed by atoms with Crippen LogP contribution in [0.2, 0.25) is 0 Å². The maximum atomic E-state index is 3.85. The molecule has 10 heavy (non-hydrogen) atoms. The van der Waals surface area contributed by atoms with E-state index in [0.29, 0.717) is 0 Å². The lowest BCUT2D eigenvalue weighted by atomic mass is 10.3. The molecule has 0 saturated carbocycles. The minimum Gasteiger partial charge on any atom is -0.312 e. The standard InChI is InChI=1S/C8H16N2/c1-3-5-6-10-8-7-9-4-2/h4,7,10H,2-3,5-6,8H2,1H3/b9-7-. The molecule has 0 aliphatic heterocycles. The zero-order valence-corrected chi connectivity index (χ0v) is 6.64. The van der Waals surface area contributed by atoms with E-state index in [9.17, 15) is 0 Å². The molecule has 0 aromatic heterocycles. The van der Waals surface area contributed by atoms with Gasteiger partial charge in [-0.15, -0.1) is 0 Å². The van der Waals surface area contributed by atoms with E-state index >= 15 is 0 Å². The van der Waals surface area contributed by atoms with Crippen LogP contribution in [-0.4, -0.2) is 19.3 Å². The van der Waals surface area contributed by atoms with Gasteiger partial charge >= 0.3 is 0 Å². The minimum atomic E-state index is 0.853. The van der Waals surface area contributed by atoms with Crippen LogP contribution < -0.4 is 5.32 Å². The van der Waals surface area contributed by atoms with Crippen LogP contribution >= 0.6 is 0 Å². The van der Waals surface area contributed by atoms with Crippen LogP contribution in [0.15, 0.2) is 17.8 Å². The fourth-order valence-corrected chi connectivity index (χ4v) is 0.596. The van der Waals surface area contributed by atoms with Crippen LogP contribution in [0.3, 0.4) is 0 Å². The average molecular weight is 140 g/mol. The first-order valence-corrected chi connectivity index (χ1v) is 3.75. The maximum absolute atomic E-state index is 3.85. The number of unbranched alkanes of at least 4 members (excludes halogenated alkanes) is 1. The summed E-state index contributed by atoms with van der Waals surface area (Å²) in [5.74, 6) is 0. The number of aliphatic imine (C=N–C) groups is 1. The maximum Gasteiger partial charge on any atom is 0.0309 e. The zero-order valence-electron chi connectivity index (χ0n) is 6.64. The lowest BCUT2D eigenvalue weighted by Gasteiger charge is -1.96. The summed E-state index contributed by atoms with van der Waals surface area (Å²) in [7, 11) is 0. The van der Waals surface area contributed by atoms with Crippen molar-refractivity contribution in [2.75, 3.05) is 13.1 Å². The topological polar surface area (TPSA) is 24.4 Å². The molecule has 58 valence electrons. The fraction of sp³-hybridized carbons (Fsp3) is 0.625. The highest BCUT2D eigenvalue weighted by Gasteiger charge is 1.80. The van der Waals surface area contributed by atoms with E-state index < -0.39 is 0 Å². The van der Waals surface area contributed by atoms with Crippen LogP contribution in [0.4, 0.5) is 0 Å². The van der Waals surface area contributed by atoms with Crippen LogP contribution in [0.25, 0.3) is 0 Å². The van der Waals surface area contributed by atoms with E-state index in [4.69, 9.17) is 0 Å². The second-order valence-corrected chi connectivity index (χ2v) is 2.07. The molecule has 0 amide bonds. The smallest absolute Gasteiger partial charge is 0.0309 e. The quantitative estimate of drug-likeness (QED) is 0.439. The van der Waals surface area contributed by atoms with Gasteiger partial charge in [-0.3, -0.25) is 4.99 Å². The zero-order chi connectivity index (χ0) is 7.66. The molecule has 2 heteroatoms. The van der Waals surface area contributed by atoms with Crippen LogP contribution in [0, 0.1) is 0 Å². The lowest BCUT2D eigenvalue weighted by molar-refractivity contribution is 0.693. The van der Waals surface area contributed by atoms with Crippen LogP contribution in [-0.2, 0) is 0 Å². The normalized spacial score (nSPS) is 10.5. The van der Waals surface area contributed by atoms with Crippen molar-refractivity contribution < 1.29 is 0 Å². The second kappa shape index (κ2) is 8.37. The summed E-state index contributed by atoms with van der Waals surface area (Å²) in [4.78, 5) is 3.85. The Morgan fingerprint density at radius 3 is 3.00 bits per heavy atom. The number of nitrogens with zero attached hydrogens (tertiary/aromatic N) is 1. The van der Waals surface area contributed by atoms with Gasteiger partial charge in [0.15, 0.2) is 0 Å². The molecule has 0 aromatic rings. The number of hydrogen-bond donors (Lipinski definition) is 1. The van der Waals surface area contributed by atoms with E-state index in [1.807, 2.05) is 6.21 Å². The first kappa shape index (κ1) is 9.37. The van der Waals surface area contributed by atoms with E-state index in [2.05, 4.69) is 23.8 Å². The third-order valence-corrected chi connectivity index (χ3v) is 1.15. The highest BCUT2D eigenvalue weighted by atomic mass is 14.9.